The van der Waals surface area contributed by atoms with E-state index in [9.17, 15) is 13.2 Å². The average molecular weight is 360 g/mol. The normalized spacial score (nSPS) is 14.4. The van der Waals surface area contributed by atoms with Crippen molar-refractivity contribution in [3.8, 4) is 5.75 Å². The Balaban J connectivity index is 1.67. The number of anilines is 2. The SMILES string of the molecule is COc1ccc(NS(=O)(=O)c2ccc(NC(=O)C3CCC3)cc2)cc1. The third kappa shape index (κ3) is 4.11. The maximum atomic E-state index is 12.4. The van der Waals surface area contributed by atoms with Crippen molar-refractivity contribution in [3.63, 3.8) is 0 Å². The van der Waals surface area contributed by atoms with Crippen molar-refractivity contribution in [1.29, 1.82) is 0 Å². The van der Waals surface area contributed by atoms with Crippen LogP contribution in [-0.2, 0) is 14.8 Å². The van der Waals surface area contributed by atoms with Crippen molar-refractivity contribution < 1.29 is 17.9 Å². The van der Waals surface area contributed by atoms with Gasteiger partial charge in [0.2, 0.25) is 5.91 Å². The van der Waals surface area contributed by atoms with Crippen molar-refractivity contribution in [3.05, 3.63) is 48.5 Å². The van der Waals surface area contributed by atoms with Crippen LogP contribution in [0.5, 0.6) is 5.75 Å². The molecule has 0 spiro atoms. The predicted octanol–water partition coefficient (Wildman–Crippen LogP) is 3.23. The Morgan fingerprint density at radius 2 is 1.60 bits per heavy atom. The molecule has 132 valence electrons. The van der Waals surface area contributed by atoms with Crippen LogP contribution >= 0.6 is 0 Å². The number of carbonyl (C=O) groups excluding carboxylic acids is 1. The van der Waals surface area contributed by atoms with E-state index in [0.29, 0.717) is 17.1 Å². The molecule has 2 N–H and O–H groups in total. The smallest absolute Gasteiger partial charge is 0.261 e. The molecule has 0 heterocycles. The largest absolute Gasteiger partial charge is 0.497 e. The highest BCUT2D eigenvalue weighted by atomic mass is 32.2. The summed E-state index contributed by atoms with van der Waals surface area (Å²) in [5, 5.41) is 2.82. The van der Waals surface area contributed by atoms with Gasteiger partial charge in [0.25, 0.3) is 10.0 Å². The molecule has 1 amide bonds. The first kappa shape index (κ1) is 17.3. The van der Waals surface area contributed by atoms with E-state index in [2.05, 4.69) is 10.0 Å². The Morgan fingerprint density at radius 1 is 1.00 bits per heavy atom. The molecule has 6 nitrogen and oxygen atoms in total. The summed E-state index contributed by atoms with van der Waals surface area (Å²) in [5.41, 5.74) is 1.04. The number of methoxy groups -OCH3 is 1. The fraction of sp³-hybridized carbons (Fsp3) is 0.278. The first-order chi connectivity index (χ1) is 12.0. The monoisotopic (exact) mass is 360 g/mol. The number of hydrogen-bond acceptors (Lipinski definition) is 4. The van der Waals surface area contributed by atoms with Crippen molar-refractivity contribution in [2.45, 2.75) is 24.2 Å². The van der Waals surface area contributed by atoms with Gasteiger partial charge < -0.3 is 10.1 Å². The number of sulfonamides is 1. The van der Waals surface area contributed by atoms with Crippen LogP contribution in [0.4, 0.5) is 11.4 Å². The molecular formula is C18H20N2O4S. The standard InChI is InChI=1S/C18H20N2O4S/c1-24-16-9-5-15(6-10-16)20-25(22,23)17-11-7-14(8-12-17)19-18(21)13-3-2-4-13/h5-13,20H,2-4H2,1H3,(H,19,21). The highest BCUT2D eigenvalue weighted by Crippen LogP contribution is 2.28. The molecule has 1 fully saturated rings. The van der Waals surface area contributed by atoms with E-state index in [1.54, 1.807) is 43.5 Å². The number of nitrogens with one attached hydrogen (secondary N) is 2. The fourth-order valence-corrected chi connectivity index (χ4v) is 3.56. The predicted molar refractivity (Wildman–Crippen MR) is 96.2 cm³/mol. The highest BCUT2D eigenvalue weighted by molar-refractivity contribution is 7.92. The van der Waals surface area contributed by atoms with Gasteiger partial charge in [-0.15, -0.1) is 0 Å². The summed E-state index contributed by atoms with van der Waals surface area (Å²) < 4.78 is 32.4. The second kappa shape index (κ2) is 7.14. The molecule has 0 bridgehead atoms. The molecular weight excluding hydrogens is 340 g/mol. The first-order valence-corrected chi connectivity index (χ1v) is 9.54. The van der Waals surface area contributed by atoms with Gasteiger partial charge >= 0.3 is 0 Å². The van der Waals surface area contributed by atoms with Crippen molar-refractivity contribution >= 4 is 27.3 Å². The molecule has 2 aromatic rings. The van der Waals surface area contributed by atoms with Crippen LogP contribution < -0.4 is 14.8 Å². The second-order valence-electron chi connectivity index (χ2n) is 5.98. The van der Waals surface area contributed by atoms with Gasteiger partial charge in [0, 0.05) is 17.3 Å². The topological polar surface area (TPSA) is 84.5 Å². The average Bonchev–Trinajstić information content (AvgIpc) is 2.54. The number of rotatable bonds is 6. The molecule has 2 aromatic carbocycles. The van der Waals surface area contributed by atoms with Crippen LogP contribution in [0.2, 0.25) is 0 Å². The quantitative estimate of drug-likeness (QED) is 0.828. The van der Waals surface area contributed by atoms with E-state index in [1.807, 2.05) is 0 Å². The van der Waals surface area contributed by atoms with Gasteiger partial charge in [0.05, 0.1) is 12.0 Å². The Labute approximate surface area is 147 Å². The minimum absolute atomic E-state index is 0.00165. The van der Waals surface area contributed by atoms with Crippen LogP contribution in [0.15, 0.2) is 53.4 Å². The lowest BCUT2D eigenvalue weighted by Gasteiger charge is -2.24. The number of amides is 1. The zero-order valence-corrected chi connectivity index (χ0v) is 14.7. The van der Waals surface area contributed by atoms with Crippen LogP contribution in [0, 0.1) is 5.92 Å². The van der Waals surface area contributed by atoms with E-state index >= 15 is 0 Å². The van der Waals surface area contributed by atoms with Crippen LogP contribution in [0.1, 0.15) is 19.3 Å². The summed E-state index contributed by atoms with van der Waals surface area (Å²) in [7, 11) is -2.15. The number of benzene rings is 2. The summed E-state index contributed by atoms with van der Waals surface area (Å²) in [6.45, 7) is 0. The Hall–Kier alpha value is -2.54. The molecule has 3 rings (SSSR count). The Bertz CT molecular complexity index is 842. The van der Waals surface area contributed by atoms with E-state index < -0.39 is 10.0 Å². The molecule has 1 saturated carbocycles. The van der Waals surface area contributed by atoms with E-state index in [0.717, 1.165) is 19.3 Å². The van der Waals surface area contributed by atoms with Gasteiger partial charge in [-0.1, -0.05) is 6.42 Å². The van der Waals surface area contributed by atoms with Crippen molar-refractivity contribution in [2.24, 2.45) is 5.92 Å². The summed E-state index contributed by atoms with van der Waals surface area (Å²) >= 11 is 0. The molecule has 1 aliphatic rings. The first-order valence-electron chi connectivity index (χ1n) is 8.06. The van der Waals surface area contributed by atoms with Gasteiger partial charge in [0.15, 0.2) is 0 Å². The van der Waals surface area contributed by atoms with E-state index in [-0.39, 0.29) is 16.7 Å². The molecule has 7 heteroatoms. The number of ether oxygens (including phenoxy) is 1. The minimum Gasteiger partial charge on any atom is -0.497 e. The van der Waals surface area contributed by atoms with Gasteiger partial charge in [-0.05, 0) is 61.4 Å². The maximum absolute atomic E-state index is 12.4. The molecule has 0 atom stereocenters. The summed E-state index contributed by atoms with van der Waals surface area (Å²) in [6.07, 6.45) is 2.93. The number of carbonyl (C=O) groups is 1. The zero-order valence-electron chi connectivity index (χ0n) is 13.9. The molecule has 0 aliphatic heterocycles. The second-order valence-corrected chi connectivity index (χ2v) is 7.66. The summed E-state index contributed by atoms with van der Waals surface area (Å²) in [4.78, 5) is 12.0. The van der Waals surface area contributed by atoms with Gasteiger partial charge in [-0.2, -0.15) is 0 Å². The summed E-state index contributed by atoms with van der Waals surface area (Å²) in [5.74, 6) is 0.730. The lowest BCUT2D eigenvalue weighted by Crippen LogP contribution is -2.28. The third-order valence-corrected chi connectivity index (χ3v) is 5.65. The highest BCUT2D eigenvalue weighted by Gasteiger charge is 2.25. The molecule has 0 radical (unpaired) electrons. The lowest BCUT2D eigenvalue weighted by molar-refractivity contribution is -0.122. The lowest BCUT2D eigenvalue weighted by atomic mass is 9.85. The minimum atomic E-state index is -3.69. The van der Waals surface area contributed by atoms with Crippen LogP contribution in [0.3, 0.4) is 0 Å². The third-order valence-electron chi connectivity index (χ3n) is 4.25. The molecule has 0 unspecified atom stereocenters. The Kier molecular flexibility index (Phi) is 4.94. The van der Waals surface area contributed by atoms with Crippen LogP contribution in [-0.4, -0.2) is 21.4 Å². The molecule has 0 saturated heterocycles. The van der Waals surface area contributed by atoms with Crippen LogP contribution in [0.25, 0.3) is 0 Å². The van der Waals surface area contributed by atoms with Crippen molar-refractivity contribution in [2.75, 3.05) is 17.1 Å². The molecule has 0 aromatic heterocycles. The number of hydrogen-bond donors (Lipinski definition) is 2. The maximum Gasteiger partial charge on any atom is 0.261 e. The zero-order chi connectivity index (χ0) is 17.9. The van der Waals surface area contributed by atoms with Crippen molar-refractivity contribution in [1.82, 2.24) is 0 Å². The fourth-order valence-electron chi connectivity index (χ4n) is 2.51. The molecule has 25 heavy (non-hydrogen) atoms. The van der Waals surface area contributed by atoms with E-state index in [4.69, 9.17) is 4.74 Å². The summed E-state index contributed by atoms with van der Waals surface area (Å²) in [6, 6.07) is 12.8. The van der Waals surface area contributed by atoms with E-state index in [1.165, 1.54) is 12.1 Å². The Morgan fingerprint density at radius 3 is 2.12 bits per heavy atom. The molecule has 1 aliphatic carbocycles. The van der Waals surface area contributed by atoms with Gasteiger partial charge in [-0.3, -0.25) is 9.52 Å². The van der Waals surface area contributed by atoms with Gasteiger partial charge in [-0.25, -0.2) is 8.42 Å². The van der Waals surface area contributed by atoms with Gasteiger partial charge in [0.1, 0.15) is 5.75 Å².